The van der Waals surface area contributed by atoms with Crippen molar-refractivity contribution in [3.63, 3.8) is 0 Å². The molecule has 1 saturated heterocycles. The van der Waals surface area contributed by atoms with Gasteiger partial charge < -0.3 is 24.6 Å². The van der Waals surface area contributed by atoms with E-state index < -0.39 is 49.1 Å². The number of carbonyl (C=O) groups excluding carboxylic acids is 2. The second-order valence-electron chi connectivity index (χ2n) is 8.08. The molecule has 5 atom stereocenters. The number of rotatable bonds is 10. The van der Waals surface area contributed by atoms with Crippen molar-refractivity contribution in [3.05, 3.63) is 47.5 Å². The molecule has 192 valence electrons. The normalized spacial score (nSPS) is 22.5. The van der Waals surface area contributed by atoms with E-state index in [1.54, 1.807) is 6.92 Å². The molecule has 36 heavy (non-hydrogen) atoms. The molecule has 0 spiro atoms. The Balaban J connectivity index is 1.51. The zero-order chi connectivity index (χ0) is 25.8. The van der Waals surface area contributed by atoms with Gasteiger partial charge in [0, 0.05) is 6.54 Å². The summed E-state index contributed by atoms with van der Waals surface area (Å²) in [4.78, 5) is 36.4. The molecule has 0 amide bonds. The van der Waals surface area contributed by atoms with Gasteiger partial charge in [-0.1, -0.05) is 30.3 Å². The predicted molar refractivity (Wildman–Crippen MR) is 126 cm³/mol. The second kappa shape index (κ2) is 11.2. The molecule has 11 nitrogen and oxygen atoms in total. The molecule has 4 rings (SSSR count). The van der Waals surface area contributed by atoms with Crippen LogP contribution in [-0.2, 0) is 30.3 Å². The number of anilines is 1. The Hall–Kier alpha value is -3.19. The number of esters is 1. The van der Waals surface area contributed by atoms with Crippen LogP contribution >= 0.6 is 11.6 Å². The number of nitrogens with one attached hydrogen (secondary N) is 1. The number of nitrogens with zero attached hydrogens (tertiary/aromatic N) is 4. The van der Waals surface area contributed by atoms with Gasteiger partial charge in [-0.25, -0.2) is 14.2 Å². The fourth-order valence-corrected chi connectivity index (χ4v) is 3.97. The summed E-state index contributed by atoms with van der Waals surface area (Å²) >= 11 is 6.12. The van der Waals surface area contributed by atoms with Crippen LogP contribution in [0.25, 0.3) is 11.2 Å². The first-order valence-corrected chi connectivity index (χ1v) is 11.6. The van der Waals surface area contributed by atoms with Gasteiger partial charge in [-0.05, 0) is 31.0 Å². The van der Waals surface area contributed by atoms with Crippen LogP contribution in [-0.4, -0.2) is 74.1 Å². The summed E-state index contributed by atoms with van der Waals surface area (Å²) in [5.74, 6) is -1.11. The Kier molecular flexibility index (Phi) is 8.09. The van der Waals surface area contributed by atoms with Crippen molar-refractivity contribution in [2.45, 2.75) is 51.1 Å². The number of hydrogen-bond acceptors (Lipinski definition) is 10. The van der Waals surface area contributed by atoms with E-state index in [2.05, 4.69) is 20.3 Å². The minimum absolute atomic E-state index is 0.0590. The van der Waals surface area contributed by atoms with Crippen LogP contribution in [0.15, 0.2) is 36.7 Å². The molecular formula is C23H25ClFN5O6. The first-order valence-electron chi connectivity index (χ1n) is 11.2. The van der Waals surface area contributed by atoms with Crippen LogP contribution in [0.3, 0.4) is 0 Å². The molecule has 1 aromatic carbocycles. The fourth-order valence-electron chi connectivity index (χ4n) is 3.81. The number of ether oxygens (including phenoxy) is 3. The van der Waals surface area contributed by atoms with Crippen molar-refractivity contribution in [3.8, 4) is 0 Å². The highest BCUT2D eigenvalue weighted by Crippen LogP contribution is 2.35. The molecule has 2 aromatic heterocycles. The van der Waals surface area contributed by atoms with Crippen LogP contribution in [0.5, 0.6) is 0 Å². The first kappa shape index (κ1) is 25.9. The van der Waals surface area contributed by atoms with Gasteiger partial charge in [0.15, 0.2) is 35.2 Å². The molecule has 1 unspecified atom stereocenters. The van der Waals surface area contributed by atoms with Crippen molar-refractivity contribution in [2.75, 3.05) is 18.5 Å². The lowest BCUT2D eigenvalue weighted by atomic mass is 10.1. The van der Waals surface area contributed by atoms with Gasteiger partial charge in [-0.2, -0.15) is 9.97 Å². The Morgan fingerprint density at radius 2 is 2.06 bits per heavy atom. The molecule has 0 radical (unpaired) electrons. The molecule has 0 bridgehead atoms. The van der Waals surface area contributed by atoms with Crippen molar-refractivity contribution < 1.29 is 33.3 Å². The third-order valence-corrected chi connectivity index (χ3v) is 5.73. The smallest absolute Gasteiger partial charge is 0.343 e. The van der Waals surface area contributed by atoms with Crippen LogP contribution in [0.4, 0.5) is 10.2 Å². The van der Waals surface area contributed by atoms with E-state index in [1.807, 2.05) is 30.3 Å². The van der Waals surface area contributed by atoms with Gasteiger partial charge in [-0.3, -0.25) is 9.36 Å². The van der Waals surface area contributed by atoms with E-state index in [4.69, 9.17) is 25.8 Å². The van der Waals surface area contributed by atoms with Gasteiger partial charge in [0.1, 0.15) is 12.2 Å². The number of imidazole rings is 1. The largest absolute Gasteiger partial charge is 0.464 e. The summed E-state index contributed by atoms with van der Waals surface area (Å²) in [6.07, 6.45) is -6.17. The van der Waals surface area contributed by atoms with E-state index in [9.17, 15) is 14.7 Å². The molecule has 1 aliphatic rings. The van der Waals surface area contributed by atoms with Gasteiger partial charge in [0.2, 0.25) is 11.4 Å². The van der Waals surface area contributed by atoms with Gasteiger partial charge >= 0.3 is 5.97 Å². The van der Waals surface area contributed by atoms with E-state index >= 15 is 4.39 Å². The summed E-state index contributed by atoms with van der Waals surface area (Å²) in [7, 11) is 0. The molecular weight excluding hydrogens is 497 g/mol. The standard InChI is InChI=1S/C23H25ClFN5O6/c1-3-34-22(33)18(12(2)31)35-10-14-17(32)15(25)21(36-14)30-11-27-16-19(28-23(24)29-20(16)30)26-9-13-7-5-4-6-8-13/h4-8,11,14-15,17-18,21,32H,3,9-10H2,1-2H3,(H,26,28,29)/t14-,15+,17-,18?,21-/m1/s1. The predicted octanol–water partition coefficient (Wildman–Crippen LogP) is 2.23. The van der Waals surface area contributed by atoms with Crippen molar-refractivity contribution >= 4 is 40.3 Å². The third kappa shape index (κ3) is 5.46. The number of fused-ring (bicyclic) bond motifs is 1. The van der Waals surface area contributed by atoms with E-state index in [1.165, 1.54) is 17.8 Å². The maximum atomic E-state index is 15.1. The number of hydrogen-bond donors (Lipinski definition) is 2. The maximum Gasteiger partial charge on any atom is 0.343 e. The summed E-state index contributed by atoms with van der Waals surface area (Å²) < 4.78 is 32.3. The maximum absolute atomic E-state index is 15.1. The molecule has 13 heteroatoms. The quantitative estimate of drug-likeness (QED) is 0.232. The van der Waals surface area contributed by atoms with E-state index in [0.29, 0.717) is 17.9 Å². The third-order valence-electron chi connectivity index (χ3n) is 5.56. The number of aromatic nitrogens is 4. The lowest BCUT2D eigenvalue weighted by Gasteiger charge is -2.18. The molecule has 0 aliphatic carbocycles. The van der Waals surface area contributed by atoms with Crippen molar-refractivity contribution in [1.29, 1.82) is 0 Å². The summed E-state index contributed by atoms with van der Waals surface area (Å²) in [6.45, 7) is 2.83. The number of halogens is 2. The Morgan fingerprint density at radius 1 is 1.31 bits per heavy atom. The average Bonchev–Trinajstić information content (AvgIpc) is 3.39. The minimum Gasteiger partial charge on any atom is -0.464 e. The lowest BCUT2D eigenvalue weighted by Crippen LogP contribution is -2.38. The Bertz CT molecular complexity index is 1230. The Morgan fingerprint density at radius 3 is 2.75 bits per heavy atom. The number of aliphatic hydroxyl groups is 1. The molecule has 3 heterocycles. The van der Waals surface area contributed by atoms with Crippen LogP contribution in [0.1, 0.15) is 25.6 Å². The summed E-state index contributed by atoms with van der Waals surface area (Å²) in [5.41, 5.74) is 1.53. The van der Waals surface area contributed by atoms with Crippen LogP contribution in [0.2, 0.25) is 5.28 Å². The van der Waals surface area contributed by atoms with E-state index in [0.717, 1.165) is 5.56 Å². The first-order chi connectivity index (χ1) is 17.3. The summed E-state index contributed by atoms with van der Waals surface area (Å²) in [5, 5.41) is 13.5. The van der Waals surface area contributed by atoms with Crippen LogP contribution < -0.4 is 5.32 Å². The lowest BCUT2D eigenvalue weighted by molar-refractivity contribution is -0.164. The zero-order valence-electron chi connectivity index (χ0n) is 19.5. The summed E-state index contributed by atoms with van der Waals surface area (Å²) in [6, 6.07) is 9.60. The average molecular weight is 522 g/mol. The van der Waals surface area contributed by atoms with Crippen molar-refractivity contribution in [1.82, 2.24) is 19.5 Å². The number of benzene rings is 1. The van der Waals surface area contributed by atoms with Gasteiger partial charge in [-0.15, -0.1) is 0 Å². The second-order valence-corrected chi connectivity index (χ2v) is 8.42. The molecule has 0 saturated carbocycles. The van der Waals surface area contributed by atoms with E-state index in [-0.39, 0.29) is 17.5 Å². The Labute approximate surface area is 210 Å². The van der Waals surface area contributed by atoms with Gasteiger partial charge in [0.05, 0.1) is 19.5 Å². The molecule has 3 aromatic rings. The molecule has 2 N–H and O–H groups in total. The van der Waals surface area contributed by atoms with Crippen LogP contribution in [0, 0.1) is 0 Å². The topological polar surface area (TPSA) is 138 Å². The SMILES string of the molecule is CCOC(=O)C(OC[C@H]1O[C@@H](n2cnc3c(NCc4ccccc4)nc(Cl)nc32)[C@@H](F)[C@@H]1O)C(C)=O. The molecule has 1 aliphatic heterocycles. The highest BCUT2D eigenvalue weighted by molar-refractivity contribution is 6.28. The number of aliphatic hydroxyl groups excluding tert-OH is 1. The minimum atomic E-state index is -1.89. The zero-order valence-corrected chi connectivity index (χ0v) is 20.3. The highest BCUT2D eigenvalue weighted by Gasteiger charge is 2.46. The number of alkyl halides is 1. The number of carbonyl (C=O) groups is 2. The molecule has 1 fully saturated rings. The monoisotopic (exact) mass is 521 g/mol. The highest BCUT2D eigenvalue weighted by atomic mass is 35.5. The van der Waals surface area contributed by atoms with Gasteiger partial charge in [0.25, 0.3) is 0 Å². The fraction of sp³-hybridized carbons (Fsp3) is 0.435. The van der Waals surface area contributed by atoms with Crippen molar-refractivity contribution in [2.24, 2.45) is 0 Å². The number of Topliss-reactive ketones (excluding diaryl/α,β-unsaturated/α-hetero) is 1. The number of ketones is 1.